The monoisotopic (exact) mass is 370 g/mol. The molecule has 0 radical (unpaired) electrons. The molecule has 1 fully saturated rings. The smallest absolute Gasteiger partial charge is 0.243 e. The fraction of sp³-hybridized carbons (Fsp3) is 0.368. The van der Waals surface area contributed by atoms with Gasteiger partial charge in [-0.2, -0.15) is 9.57 Å². The van der Waals surface area contributed by atoms with E-state index >= 15 is 0 Å². The summed E-state index contributed by atoms with van der Waals surface area (Å²) >= 11 is 0. The quantitative estimate of drug-likeness (QED) is 0.808. The highest BCUT2D eigenvalue weighted by Crippen LogP contribution is 2.21. The number of benzene rings is 1. The Bertz CT molecular complexity index is 879. The molecule has 0 bridgehead atoms. The first-order valence-electron chi connectivity index (χ1n) is 8.75. The summed E-state index contributed by atoms with van der Waals surface area (Å²) in [4.78, 5) is 6.67. The highest BCUT2D eigenvalue weighted by Gasteiger charge is 2.28. The molecule has 2 aromatic rings. The Labute approximate surface area is 154 Å². The Morgan fingerprint density at radius 3 is 2.31 bits per heavy atom. The minimum absolute atomic E-state index is 0.349. The van der Waals surface area contributed by atoms with E-state index in [0.717, 1.165) is 24.2 Å². The summed E-state index contributed by atoms with van der Waals surface area (Å²) in [5, 5.41) is 8.84. The van der Waals surface area contributed by atoms with Crippen molar-refractivity contribution in [3.05, 3.63) is 53.7 Å². The maximum atomic E-state index is 12.8. The Balaban J connectivity index is 1.67. The van der Waals surface area contributed by atoms with E-state index in [2.05, 4.69) is 11.9 Å². The lowest BCUT2D eigenvalue weighted by molar-refractivity contribution is 0.384. The average molecular weight is 370 g/mol. The van der Waals surface area contributed by atoms with E-state index in [1.165, 1.54) is 10.5 Å². The Kier molecular flexibility index (Phi) is 5.55. The lowest BCUT2D eigenvalue weighted by Gasteiger charge is -2.34. The minimum Gasteiger partial charge on any atom is -0.354 e. The van der Waals surface area contributed by atoms with Crippen molar-refractivity contribution in [3.63, 3.8) is 0 Å². The van der Waals surface area contributed by atoms with E-state index in [-0.39, 0.29) is 0 Å². The number of anilines is 1. The molecule has 0 unspecified atom stereocenters. The molecule has 1 aromatic carbocycles. The van der Waals surface area contributed by atoms with E-state index in [0.29, 0.717) is 36.6 Å². The molecule has 136 valence electrons. The van der Waals surface area contributed by atoms with Crippen molar-refractivity contribution >= 4 is 15.8 Å². The van der Waals surface area contributed by atoms with Gasteiger partial charge < -0.3 is 4.90 Å². The number of sulfonamides is 1. The molecule has 3 rings (SSSR count). The summed E-state index contributed by atoms with van der Waals surface area (Å²) in [6.45, 7) is 4.09. The average Bonchev–Trinajstić information content (AvgIpc) is 2.69. The molecule has 0 spiro atoms. The zero-order chi connectivity index (χ0) is 18.6. The summed E-state index contributed by atoms with van der Waals surface area (Å²) in [5.41, 5.74) is 1.67. The number of hydrogen-bond acceptors (Lipinski definition) is 5. The third-order valence-electron chi connectivity index (χ3n) is 4.54. The number of nitriles is 1. The fourth-order valence-electron chi connectivity index (χ4n) is 3.06. The molecule has 26 heavy (non-hydrogen) atoms. The van der Waals surface area contributed by atoms with Crippen molar-refractivity contribution in [2.75, 3.05) is 31.1 Å². The van der Waals surface area contributed by atoms with E-state index in [1.54, 1.807) is 24.3 Å². The maximum Gasteiger partial charge on any atom is 0.243 e. The van der Waals surface area contributed by atoms with Crippen LogP contribution in [0.2, 0.25) is 0 Å². The second-order valence-electron chi connectivity index (χ2n) is 6.30. The molecule has 0 amide bonds. The predicted molar refractivity (Wildman–Crippen MR) is 100 cm³/mol. The van der Waals surface area contributed by atoms with Crippen LogP contribution >= 0.6 is 0 Å². The second-order valence-corrected chi connectivity index (χ2v) is 8.24. The SMILES string of the molecule is CCCc1ccc(S(=O)(=O)N2CCN(c3ccc(C#N)cn3)CC2)cc1. The van der Waals surface area contributed by atoms with Gasteiger partial charge in [-0.25, -0.2) is 13.4 Å². The Morgan fingerprint density at radius 2 is 1.77 bits per heavy atom. The largest absolute Gasteiger partial charge is 0.354 e. The molecule has 7 heteroatoms. The molecule has 1 aliphatic rings. The first kappa shape index (κ1) is 18.4. The molecular formula is C19H22N4O2S. The lowest BCUT2D eigenvalue weighted by Crippen LogP contribution is -2.48. The van der Waals surface area contributed by atoms with Gasteiger partial charge in [0.15, 0.2) is 0 Å². The van der Waals surface area contributed by atoms with Crippen LogP contribution in [0.4, 0.5) is 5.82 Å². The van der Waals surface area contributed by atoms with Crippen molar-refractivity contribution in [2.24, 2.45) is 0 Å². The van der Waals surface area contributed by atoms with Gasteiger partial charge in [-0.05, 0) is 36.2 Å². The van der Waals surface area contributed by atoms with Crippen LogP contribution in [0.15, 0.2) is 47.5 Å². The molecule has 1 saturated heterocycles. The molecule has 0 saturated carbocycles. The number of pyridine rings is 1. The van der Waals surface area contributed by atoms with Crippen LogP contribution in [0, 0.1) is 11.3 Å². The normalized spacial score (nSPS) is 15.6. The van der Waals surface area contributed by atoms with Gasteiger partial charge in [0.05, 0.1) is 10.5 Å². The Morgan fingerprint density at radius 1 is 1.08 bits per heavy atom. The van der Waals surface area contributed by atoms with E-state index in [4.69, 9.17) is 5.26 Å². The highest BCUT2D eigenvalue weighted by molar-refractivity contribution is 7.89. The molecule has 0 atom stereocenters. The van der Waals surface area contributed by atoms with Crippen molar-refractivity contribution in [1.29, 1.82) is 5.26 Å². The topological polar surface area (TPSA) is 77.3 Å². The van der Waals surface area contributed by atoms with Gasteiger partial charge in [0.25, 0.3) is 0 Å². The molecule has 2 heterocycles. The van der Waals surface area contributed by atoms with Crippen LogP contribution in [0.1, 0.15) is 24.5 Å². The number of rotatable bonds is 5. The number of aromatic nitrogens is 1. The van der Waals surface area contributed by atoms with Crippen LogP contribution in [-0.2, 0) is 16.4 Å². The lowest BCUT2D eigenvalue weighted by atomic mass is 10.1. The zero-order valence-electron chi connectivity index (χ0n) is 14.8. The molecule has 1 aliphatic heterocycles. The molecule has 1 aromatic heterocycles. The summed E-state index contributed by atoms with van der Waals surface area (Å²) in [5.74, 6) is 0.768. The molecule has 6 nitrogen and oxygen atoms in total. The van der Waals surface area contributed by atoms with Gasteiger partial charge in [0, 0.05) is 32.4 Å². The molecule has 0 aliphatic carbocycles. The third-order valence-corrected chi connectivity index (χ3v) is 6.45. The molecular weight excluding hydrogens is 348 g/mol. The number of hydrogen-bond donors (Lipinski definition) is 0. The van der Waals surface area contributed by atoms with Gasteiger partial charge in [-0.15, -0.1) is 0 Å². The summed E-state index contributed by atoms with van der Waals surface area (Å²) in [6.07, 6.45) is 3.53. The molecule has 0 N–H and O–H groups in total. The van der Waals surface area contributed by atoms with Gasteiger partial charge in [-0.1, -0.05) is 25.5 Å². The maximum absolute atomic E-state index is 12.8. The number of nitrogens with zero attached hydrogens (tertiary/aromatic N) is 4. The first-order chi connectivity index (χ1) is 12.5. The van der Waals surface area contributed by atoms with Gasteiger partial charge >= 0.3 is 0 Å². The van der Waals surface area contributed by atoms with Crippen molar-refractivity contribution in [2.45, 2.75) is 24.7 Å². The van der Waals surface area contributed by atoms with E-state index < -0.39 is 10.0 Å². The van der Waals surface area contributed by atoms with Crippen LogP contribution < -0.4 is 4.90 Å². The second kappa shape index (κ2) is 7.85. The third kappa shape index (κ3) is 3.87. The van der Waals surface area contributed by atoms with Gasteiger partial charge in [-0.3, -0.25) is 0 Å². The van der Waals surface area contributed by atoms with Crippen molar-refractivity contribution in [3.8, 4) is 6.07 Å². The van der Waals surface area contributed by atoms with Crippen LogP contribution in [0.5, 0.6) is 0 Å². The van der Waals surface area contributed by atoms with E-state index in [9.17, 15) is 8.42 Å². The number of aryl methyl sites for hydroxylation is 1. The predicted octanol–water partition coefficient (Wildman–Crippen LogP) is 2.42. The van der Waals surface area contributed by atoms with E-state index in [1.807, 2.05) is 23.1 Å². The fourth-order valence-corrected chi connectivity index (χ4v) is 4.48. The van der Waals surface area contributed by atoms with Gasteiger partial charge in [0.2, 0.25) is 10.0 Å². The Hall–Kier alpha value is -2.43. The van der Waals surface area contributed by atoms with Crippen LogP contribution in [0.25, 0.3) is 0 Å². The minimum atomic E-state index is -3.47. The van der Waals surface area contributed by atoms with Crippen LogP contribution in [-0.4, -0.2) is 43.9 Å². The summed E-state index contributed by atoms with van der Waals surface area (Å²) < 4.78 is 27.2. The highest BCUT2D eigenvalue weighted by atomic mass is 32.2. The standard InChI is InChI=1S/C19H22N4O2S/c1-2-3-16-4-7-18(8-5-16)26(24,25)23-12-10-22(11-13-23)19-9-6-17(14-20)15-21-19/h4-9,15H,2-3,10-13H2,1H3. The summed E-state index contributed by atoms with van der Waals surface area (Å²) in [7, 11) is -3.47. The van der Waals surface area contributed by atoms with Crippen LogP contribution in [0.3, 0.4) is 0 Å². The zero-order valence-corrected chi connectivity index (χ0v) is 15.6. The van der Waals surface area contributed by atoms with Gasteiger partial charge in [0.1, 0.15) is 11.9 Å². The summed E-state index contributed by atoms with van der Waals surface area (Å²) in [6, 6.07) is 12.8. The van der Waals surface area contributed by atoms with Crippen molar-refractivity contribution in [1.82, 2.24) is 9.29 Å². The number of piperazine rings is 1. The first-order valence-corrected chi connectivity index (χ1v) is 10.2. The van der Waals surface area contributed by atoms with Crippen molar-refractivity contribution < 1.29 is 8.42 Å².